The van der Waals surface area contributed by atoms with Gasteiger partial charge < -0.3 is 23.3 Å². The van der Waals surface area contributed by atoms with Gasteiger partial charge in [-0.15, -0.1) is 11.3 Å². The zero-order valence-electron chi connectivity index (χ0n) is 17.2. The summed E-state index contributed by atoms with van der Waals surface area (Å²) in [6.45, 7) is 1.47. The predicted octanol–water partition coefficient (Wildman–Crippen LogP) is 2.73. The standard InChI is InChI=1S/C20H18N4O6S/c1-10-15-18(21-9-24(2)19(15)25)31-16(10)20(26)29-8-14-22-17(23-30-14)12-6-5-11(27-3)7-13(12)28-4/h5-7,9H,8H2,1-4H3. The van der Waals surface area contributed by atoms with Gasteiger partial charge in [0.25, 0.3) is 11.4 Å². The number of aryl methyl sites for hydroxylation is 2. The Bertz CT molecular complexity index is 1340. The maximum atomic E-state index is 12.6. The molecule has 3 heterocycles. The van der Waals surface area contributed by atoms with Crippen LogP contribution in [0.3, 0.4) is 0 Å². The van der Waals surface area contributed by atoms with Crippen LogP contribution < -0.4 is 15.0 Å². The largest absolute Gasteiger partial charge is 0.497 e. The van der Waals surface area contributed by atoms with E-state index in [9.17, 15) is 9.59 Å². The normalized spacial score (nSPS) is 11.0. The van der Waals surface area contributed by atoms with Crippen LogP contribution in [0.4, 0.5) is 0 Å². The van der Waals surface area contributed by atoms with Gasteiger partial charge in [-0.3, -0.25) is 4.79 Å². The van der Waals surface area contributed by atoms with Crippen molar-refractivity contribution in [2.75, 3.05) is 14.2 Å². The SMILES string of the molecule is COc1ccc(-c2noc(COC(=O)c3sc4ncn(C)c(=O)c4c3C)n2)c(OC)c1. The number of thiophene rings is 1. The molecule has 0 unspecified atom stereocenters. The predicted molar refractivity (Wildman–Crippen MR) is 112 cm³/mol. The smallest absolute Gasteiger partial charge is 0.349 e. The van der Waals surface area contributed by atoms with Crippen molar-refractivity contribution in [2.24, 2.45) is 7.05 Å². The third kappa shape index (κ3) is 3.75. The summed E-state index contributed by atoms with van der Waals surface area (Å²) in [6.07, 6.45) is 1.42. The van der Waals surface area contributed by atoms with Crippen molar-refractivity contribution >= 4 is 27.5 Å². The molecule has 0 aliphatic carbocycles. The molecule has 0 fully saturated rings. The Morgan fingerprint density at radius 1 is 1.26 bits per heavy atom. The number of hydrogen-bond donors (Lipinski definition) is 0. The van der Waals surface area contributed by atoms with Gasteiger partial charge in [0.2, 0.25) is 5.82 Å². The summed E-state index contributed by atoms with van der Waals surface area (Å²) >= 11 is 1.11. The molecule has 1 aromatic carbocycles. The first-order valence-electron chi connectivity index (χ1n) is 9.09. The third-order valence-corrected chi connectivity index (χ3v) is 5.82. The lowest BCUT2D eigenvalue weighted by Crippen LogP contribution is -2.16. The monoisotopic (exact) mass is 442 g/mol. The molecular weight excluding hydrogens is 424 g/mol. The van der Waals surface area contributed by atoms with Crippen molar-refractivity contribution in [2.45, 2.75) is 13.5 Å². The molecule has 160 valence electrons. The van der Waals surface area contributed by atoms with Gasteiger partial charge >= 0.3 is 5.97 Å². The summed E-state index contributed by atoms with van der Waals surface area (Å²) in [7, 11) is 4.69. The average molecular weight is 442 g/mol. The summed E-state index contributed by atoms with van der Waals surface area (Å²) < 4.78 is 22.4. The second-order valence-electron chi connectivity index (χ2n) is 6.55. The van der Waals surface area contributed by atoms with Crippen LogP contribution in [-0.4, -0.2) is 39.9 Å². The molecule has 0 amide bonds. The molecule has 4 rings (SSSR count). The molecule has 0 aliphatic heterocycles. The number of ether oxygens (including phenoxy) is 3. The van der Waals surface area contributed by atoms with Gasteiger partial charge in [0, 0.05) is 13.1 Å². The van der Waals surface area contributed by atoms with E-state index in [1.807, 2.05) is 0 Å². The number of fused-ring (bicyclic) bond motifs is 1. The van der Waals surface area contributed by atoms with E-state index in [0.717, 1.165) is 11.3 Å². The van der Waals surface area contributed by atoms with Crippen LogP contribution in [0.1, 0.15) is 21.1 Å². The highest BCUT2D eigenvalue weighted by Crippen LogP contribution is 2.32. The lowest BCUT2D eigenvalue weighted by atomic mass is 10.2. The number of nitrogens with zero attached hydrogens (tertiary/aromatic N) is 4. The van der Waals surface area contributed by atoms with Crippen molar-refractivity contribution in [3.05, 3.63) is 51.2 Å². The fourth-order valence-corrected chi connectivity index (χ4v) is 4.04. The molecule has 0 radical (unpaired) electrons. The van der Waals surface area contributed by atoms with Gasteiger partial charge in [-0.25, -0.2) is 9.78 Å². The van der Waals surface area contributed by atoms with Crippen molar-refractivity contribution in [3.63, 3.8) is 0 Å². The van der Waals surface area contributed by atoms with E-state index >= 15 is 0 Å². The second-order valence-corrected chi connectivity index (χ2v) is 7.55. The highest BCUT2D eigenvalue weighted by atomic mass is 32.1. The van der Waals surface area contributed by atoms with E-state index in [-0.39, 0.29) is 23.9 Å². The maximum absolute atomic E-state index is 12.6. The molecule has 0 aliphatic rings. The molecule has 0 N–H and O–H groups in total. The molecule has 0 saturated carbocycles. The molecule has 4 aromatic rings. The van der Waals surface area contributed by atoms with Crippen molar-refractivity contribution in [1.82, 2.24) is 19.7 Å². The van der Waals surface area contributed by atoms with E-state index in [1.165, 1.54) is 18.0 Å². The van der Waals surface area contributed by atoms with Crippen LogP contribution in [-0.2, 0) is 18.4 Å². The number of carbonyl (C=O) groups is 1. The summed E-state index contributed by atoms with van der Waals surface area (Å²) in [5.74, 6) is 0.953. The van der Waals surface area contributed by atoms with Crippen LogP contribution in [0.15, 0.2) is 33.8 Å². The summed E-state index contributed by atoms with van der Waals surface area (Å²) in [5.41, 5.74) is 0.924. The first-order chi connectivity index (χ1) is 14.9. The van der Waals surface area contributed by atoms with Crippen LogP contribution >= 0.6 is 11.3 Å². The Morgan fingerprint density at radius 3 is 2.81 bits per heavy atom. The summed E-state index contributed by atoms with van der Waals surface area (Å²) in [4.78, 5) is 34.2. The van der Waals surface area contributed by atoms with Gasteiger partial charge in [0.1, 0.15) is 21.2 Å². The zero-order valence-corrected chi connectivity index (χ0v) is 18.0. The van der Waals surface area contributed by atoms with E-state index in [2.05, 4.69) is 15.1 Å². The minimum Gasteiger partial charge on any atom is -0.497 e. The number of methoxy groups -OCH3 is 2. The van der Waals surface area contributed by atoms with Crippen molar-refractivity contribution in [1.29, 1.82) is 0 Å². The average Bonchev–Trinajstić information content (AvgIpc) is 3.39. The quantitative estimate of drug-likeness (QED) is 0.415. The number of rotatable bonds is 6. The minimum absolute atomic E-state index is 0.119. The Hall–Kier alpha value is -3.73. The fraction of sp³-hybridized carbons (Fsp3) is 0.250. The van der Waals surface area contributed by atoms with Crippen LogP contribution in [0.2, 0.25) is 0 Å². The minimum atomic E-state index is -0.593. The number of esters is 1. The maximum Gasteiger partial charge on any atom is 0.349 e. The Balaban J connectivity index is 1.52. The number of aromatic nitrogens is 4. The number of benzene rings is 1. The Kier molecular flexibility index (Phi) is 5.42. The van der Waals surface area contributed by atoms with E-state index < -0.39 is 5.97 Å². The van der Waals surface area contributed by atoms with Crippen LogP contribution in [0, 0.1) is 6.92 Å². The molecule has 31 heavy (non-hydrogen) atoms. The highest BCUT2D eigenvalue weighted by Gasteiger charge is 2.21. The lowest BCUT2D eigenvalue weighted by molar-refractivity contribution is 0.0435. The summed E-state index contributed by atoms with van der Waals surface area (Å²) in [5, 5.41) is 4.34. The molecule has 0 bridgehead atoms. The van der Waals surface area contributed by atoms with Gasteiger partial charge in [-0.1, -0.05) is 5.16 Å². The second kappa shape index (κ2) is 8.19. The van der Waals surface area contributed by atoms with Crippen molar-refractivity contribution < 1.29 is 23.5 Å². The van der Waals surface area contributed by atoms with Crippen LogP contribution in [0.25, 0.3) is 21.6 Å². The molecule has 0 spiro atoms. The molecule has 0 atom stereocenters. The Morgan fingerprint density at radius 2 is 2.06 bits per heavy atom. The zero-order chi connectivity index (χ0) is 22.1. The molecule has 3 aromatic heterocycles. The number of carbonyl (C=O) groups excluding carboxylic acids is 1. The van der Waals surface area contributed by atoms with Crippen molar-refractivity contribution in [3.8, 4) is 22.9 Å². The fourth-order valence-electron chi connectivity index (χ4n) is 3.00. The highest BCUT2D eigenvalue weighted by molar-refractivity contribution is 7.20. The molecule has 11 heteroatoms. The van der Waals surface area contributed by atoms with E-state index in [1.54, 1.807) is 39.3 Å². The molecule has 10 nitrogen and oxygen atoms in total. The first kappa shape index (κ1) is 20.5. The lowest BCUT2D eigenvalue weighted by Gasteiger charge is -2.07. The van der Waals surface area contributed by atoms with E-state index in [0.29, 0.717) is 37.7 Å². The Labute approximate surface area is 180 Å². The van der Waals surface area contributed by atoms with E-state index in [4.69, 9.17) is 18.7 Å². The summed E-state index contributed by atoms with van der Waals surface area (Å²) in [6, 6.07) is 5.19. The van der Waals surface area contributed by atoms with Gasteiger partial charge in [0.15, 0.2) is 6.61 Å². The van der Waals surface area contributed by atoms with Gasteiger partial charge in [0.05, 0.1) is 31.5 Å². The van der Waals surface area contributed by atoms with Gasteiger partial charge in [-0.05, 0) is 24.6 Å². The van der Waals surface area contributed by atoms with Crippen LogP contribution in [0.5, 0.6) is 11.5 Å². The van der Waals surface area contributed by atoms with Gasteiger partial charge in [-0.2, -0.15) is 4.98 Å². The first-order valence-corrected chi connectivity index (χ1v) is 9.91. The molecule has 0 saturated heterocycles. The number of hydrogen-bond acceptors (Lipinski definition) is 10. The topological polar surface area (TPSA) is 119 Å². The third-order valence-electron chi connectivity index (χ3n) is 4.64. The molecular formula is C20H18N4O6S.